The summed E-state index contributed by atoms with van der Waals surface area (Å²) in [7, 11) is 0. The lowest BCUT2D eigenvalue weighted by Gasteiger charge is -2.20. The third-order valence-corrected chi connectivity index (χ3v) is 5.75. The first-order chi connectivity index (χ1) is 16.0. The Labute approximate surface area is 193 Å². The Morgan fingerprint density at radius 1 is 1.18 bits per heavy atom. The summed E-state index contributed by atoms with van der Waals surface area (Å²) in [5.74, 6) is 0.727. The molecule has 0 aliphatic carbocycles. The van der Waals surface area contributed by atoms with Gasteiger partial charge in [-0.25, -0.2) is 9.80 Å². The number of benzene rings is 2. The molecule has 0 N–H and O–H groups in total. The highest BCUT2D eigenvalue weighted by atomic mass is 35.5. The van der Waals surface area contributed by atoms with Gasteiger partial charge < -0.3 is 13.6 Å². The number of nitrogens with zero attached hydrogens (tertiary/aromatic N) is 2. The Hall–Kier alpha value is -3.84. The highest BCUT2D eigenvalue weighted by Gasteiger charge is 2.35. The molecule has 2 aromatic heterocycles. The standard InChI is InChI=1S/C25H19ClN2O5/c1-15-11-25(30)33-23-12-18(8-9-19(15)23)32-14-24(29)28-21(22-3-2-10-31-22)13-20(27-28)16-4-6-17(26)7-5-16/h2-12,21H,13-14H2,1H3. The Morgan fingerprint density at radius 3 is 2.76 bits per heavy atom. The number of amides is 1. The van der Waals surface area contributed by atoms with Crippen molar-refractivity contribution in [2.24, 2.45) is 5.10 Å². The predicted octanol–water partition coefficient (Wildman–Crippen LogP) is 5.10. The van der Waals surface area contributed by atoms with Crippen LogP contribution in [0.5, 0.6) is 5.75 Å². The average molecular weight is 463 g/mol. The third-order valence-electron chi connectivity index (χ3n) is 5.50. The molecule has 1 amide bonds. The van der Waals surface area contributed by atoms with Crippen molar-refractivity contribution in [3.05, 3.63) is 99.3 Å². The monoisotopic (exact) mass is 462 g/mol. The smallest absolute Gasteiger partial charge is 0.336 e. The number of halogens is 1. The predicted molar refractivity (Wildman–Crippen MR) is 124 cm³/mol. The minimum absolute atomic E-state index is 0.240. The molecular formula is C25H19ClN2O5. The SMILES string of the molecule is Cc1cc(=O)oc2cc(OCC(=O)N3N=C(c4ccc(Cl)cc4)CC3c3ccco3)ccc12. The van der Waals surface area contributed by atoms with E-state index in [9.17, 15) is 9.59 Å². The van der Waals surface area contributed by atoms with Crippen LogP contribution in [0.2, 0.25) is 5.02 Å². The van der Waals surface area contributed by atoms with Crippen LogP contribution in [0.15, 0.2) is 85.7 Å². The van der Waals surface area contributed by atoms with Gasteiger partial charge in [-0.15, -0.1) is 0 Å². The number of carbonyl (C=O) groups excluding carboxylic acids is 1. The fourth-order valence-corrected chi connectivity index (χ4v) is 3.99. The molecule has 0 fully saturated rings. The molecule has 0 saturated carbocycles. The maximum Gasteiger partial charge on any atom is 0.336 e. The Balaban J connectivity index is 1.37. The summed E-state index contributed by atoms with van der Waals surface area (Å²) >= 11 is 6.00. The minimum Gasteiger partial charge on any atom is -0.484 e. The van der Waals surface area contributed by atoms with Gasteiger partial charge in [0.2, 0.25) is 0 Å². The molecular weight excluding hydrogens is 444 g/mol. The van der Waals surface area contributed by atoms with E-state index < -0.39 is 5.63 Å². The van der Waals surface area contributed by atoms with E-state index in [-0.39, 0.29) is 18.6 Å². The molecule has 0 radical (unpaired) electrons. The third kappa shape index (κ3) is 4.27. The molecule has 0 saturated heterocycles. The summed E-state index contributed by atoms with van der Waals surface area (Å²) in [5, 5.41) is 7.40. The largest absolute Gasteiger partial charge is 0.484 e. The molecule has 166 valence electrons. The van der Waals surface area contributed by atoms with Gasteiger partial charge in [-0.2, -0.15) is 5.10 Å². The Morgan fingerprint density at radius 2 is 2.00 bits per heavy atom. The highest BCUT2D eigenvalue weighted by Crippen LogP contribution is 2.33. The van der Waals surface area contributed by atoms with Gasteiger partial charge in [0.1, 0.15) is 23.1 Å². The first-order valence-corrected chi connectivity index (χ1v) is 10.7. The van der Waals surface area contributed by atoms with Crippen LogP contribution in [0.25, 0.3) is 11.0 Å². The van der Waals surface area contributed by atoms with Crippen molar-refractivity contribution in [2.45, 2.75) is 19.4 Å². The molecule has 8 heteroatoms. The summed E-state index contributed by atoms with van der Waals surface area (Å²) < 4.78 is 16.5. The lowest BCUT2D eigenvalue weighted by atomic mass is 10.0. The summed E-state index contributed by atoms with van der Waals surface area (Å²) in [5.41, 5.74) is 2.42. The zero-order valence-corrected chi connectivity index (χ0v) is 18.4. The Bertz CT molecular complexity index is 1410. The first kappa shape index (κ1) is 21.0. The first-order valence-electron chi connectivity index (χ1n) is 10.3. The number of hydrazone groups is 1. The van der Waals surface area contributed by atoms with Crippen molar-refractivity contribution in [2.75, 3.05) is 6.61 Å². The van der Waals surface area contributed by atoms with Crippen molar-refractivity contribution in [1.82, 2.24) is 5.01 Å². The van der Waals surface area contributed by atoms with Crippen LogP contribution in [-0.4, -0.2) is 23.2 Å². The molecule has 3 heterocycles. The molecule has 2 aromatic carbocycles. The lowest BCUT2D eigenvalue weighted by molar-refractivity contribution is -0.135. The summed E-state index contributed by atoms with van der Waals surface area (Å²) in [6, 6.07) is 17.1. The topological polar surface area (TPSA) is 85.2 Å². The van der Waals surface area contributed by atoms with E-state index in [4.69, 9.17) is 25.2 Å². The molecule has 4 aromatic rings. The van der Waals surface area contributed by atoms with Crippen LogP contribution in [-0.2, 0) is 4.79 Å². The van der Waals surface area contributed by atoms with E-state index >= 15 is 0 Å². The van der Waals surface area contributed by atoms with E-state index in [0.717, 1.165) is 22.2 Å². The van der Waals surface area contributed by atoms with Gasteiger partial charge in [-0.05, 0) is 54.4 Å². The van der Waals surface area contributed by atoms with Gasteiger partial charge in [-0.1, -0.05) is 23.7 Å². The second-order valence-electron chi connectivity index (χ2n) is 7.72. The number of ether oxygens (including phenoxy) is 1. The van der Waals surface area contributed by atoms with Crippen molar-refractivity contribution >= 4 is 34.2 Å². The zero-order valence-electron chi connectivity index (χ0n) is 17.7. The van der Waals surface area contributed by atoms with Crippen LogP contribution in [0, 0.1) is 6.92 Å². The quantitative estimate of drug-likeness (QED) is 0.385. The number of rotatable bonds is 5. The van der Waals surface area contributed by atoms with Crippen molar-refractivity contribution in [3.63, 3.8) is 0 Å². The van der Waals surface area contributed by atoms with Crippen LogP contribution in [0.3, 0.4) is 0 Å². The van der Waals surface area contributed by atoms with E-state index in [2.05, 4.69) is 5.10 Å². The number of hydrogen-bond donors (Lipinski definition) is 0. The normalized spacial score (nSPS) is 15.6. The maximum absolute atomic E-state index is 13.1. The van der Waals surface area contributed by atoms with Gasteiger partial charge in [-0.3, -0.25) is 4.79 Å². The van der Waals surface area contributed by atoms with Crippen LogP contribution in [0.4, 0.5) is 0 Å². The summed E-state index contributed by atoms with van der Waals surface area (Å²) in [6.45, 7) is 1.60. The molecule has 1 atom stereocenters. The lowest BCUT2D eigenvalue weighted by Crippen LogP contribution is -2.31. The number of carbonyl (C=O) groups is 1. The van der Waals surface area contributed by atoms with E-state index in [0.29, 0.717) is 28.5 Å². The number of aryl methyl sites for hydroxylation is 1. The summed E-state index contributed by atoms with van der Waals surface area (Å²) in [6.07, 6.45) is 2.07. The fraction of sp³-hybridized carbons (Fsp3) is 0.160. The average Bonchev–Trinajstić information content (AvgIpc) is 3.47. The van der Waals surface area contributed by atoms with E-state index in [1.165, 1.54) is 11.1 Å². The van der Waals surface area contributed by atoms with Crippen LogP contribution in [0.1, 0.15) is 29.3 Å². The van der Waals surface area contributed by atoms with Gasteiger partial charge in [0.15, 0.2) is 6.61 Å². The number of furan rings is 1. The molecule has 1 aliphatic rings. The zero-order chi connectivity index (χ0) is 22.9. The maximum atomic E-state index is 13.1. The van der Waals surface area contributed by atoms with Crippen molar-refractivity contribution in [1.29, 1.82) is 0 Å². The van der Waals surface area contributed by atoms with Crippen LogP contribution >= 0.6 is 11.6 Å². The molecule has 5 rings (SSSR count). The molecule has 1 aliphatic heterocycles. The van der Waals surface area contributed by atoms with Gasteiger partial charge in [0, 0.05) is 29.0 Å². The van der Waals surface area contributed by atoms with Crippen molar-refractivity contribution in [3.8, 4) is 5.75 Å². The molecule has 1 unspecified atom stereocenters. The van der Waals surface area contributed by atoms with Gasteiger partial charge in [0.25, 0.3) is 5.91 Å². The molecule has 0 bridgehead atoms. The van der Waals surface area contributed by atoms with Gasteiger partial charge >= 0.3 is 5.63 Å². The van der Waals surface area contributed by atoms with Crippen molar-refractivity contribution < 1.29 is 18.4 Å². The molecule has 0 spiro atoms. The second kappa shape index (κ2) is 8.60. The highest BCUT2D eigenvalue weighted by molar-refractivity contribution is 6.30. The van der Waals surface area contributed by atoms with Gasteiger partial charge in [0.05, 0.1) is 12.0 Å². The van der Waals surface area contributed by atoms with E-state index in [1.807, 2.05) is 25.1 Å². The molecule has 33 heavy (non-hydrogen) atoms. The van der Waals surface area contributed by atoms with E-state index in [1.54, 1.807) is 42.7 Å². The second-order valence-corrected chi connectivity index (χ2v) is 8.16. The van der Waals surface area contributed by atoms with Crippen LogP contribution < -0.4 is 10.4 Å². The summed E-state index contributed by atoms with van der Waals surface area (Å²) in [4.78, 5) is 24.8. The minimum atomic E-state index is -0.435. The number of hydrogen-bond acceptors (Lipinski definition) is 6. The Kier molecular flexibility index (Phi) is 5.48. The fourth-order valence-electron chi connectivity index (χ4n) is 3.87. The number of fused-ring (bicyclic) bond motifs is 1. The molecule has 7 nitrogen and oxygen atoms in total.